The van der Waals surface area contributed by atoms with Crippen LogP contribution in [0.5, 0.6) is 0 Å². The maximum Gasteiger partial charge on any atom is 0.0728 e. The highest BCUT2D eigenvalue weighted by molar-refractivity contribution is 6.30. The highest BCUT2D eigenvalue weighted by Gasteiger charge is 2.39. The topological polar surface area (TPSA) is 26.7 Å². The molecule has 1 saturated carbocycles. The summed E-state index contributed by atoms with van der Waals surface area (Å²) >= 11 is 6.12. The highest BCUT2D eigenvalue weighted by atomic mass is 35.5. The van der Waals surface area contributed by atoms with Crippen LogP contribution in [0.15, 0.2) is 24.3 Å². The molecule has 128 valence electrons. The first-order valence-electron chi connectivity index (χ1n) is 8.93. The van der Waals surface area contributed by atoms with Crippen LogP contribution in [-0.2, 0) is 6.42 Å². The average molecular weight is 337 g/mol. The van der Waals surface area contributed by atoms with Crippen molar-refractivity contribution in [2.45, 2.75) is 37.7 Å². The third-order valence-corrected chi connectivity index (χ3v) is 5.88. The van der Waals surface area contributed by atoms with E-state index in [1.165, 1.54) is 6.42 Å². The predicted octanol–water partition coefficient (Wildman–Crippen LogP) is 3.05. The number of likely N-dealkylation sites (N-methyl/N-ethyl adjacent to an activating group) is 1. The molecule has 1 aromatic rings. The minimum Gasteiger partial charge on any atom is -0.389 e. The molecule has 2 aliphatic rings. The summed E-state index contributed by atoms with van der Waals surface area (Å²) in [4.78, 5) is 4.93. The van der Waals surface area contributed by atoms with Crippen molar-refractivity contribution >= 4 is 11.6 Å². The number of piperazine rings is 1. The molecule has 2 fully saturated rings. The smallest absolute Gasteiger partial charge is 0.0728 e. The second-order valence-electron chi connectivity index (χ2n) is 7.46. The standard InChI is InChI=1S/C19H29ClN2O/c1-21-9-11-22(12-10-21)15-17-6-2-3-8-19(17,23)14-16-5-4-7-18(20)13-16/h4-5,7,13,17,23H,2-3,6,8-12,14-15H2,1H3. The average Bonchev–Trinajstić information content (AvgIpc) is 2.52. The maximum absolute atomic E-state index is 11.4. The Balaban J connectivity index is 1.67. The van der Waals surface area contributed by atoms with Crippen LogP contribution in [0.3, 0.4) is 0 Å². The van der Waals surface area contributed by atoms with Gasteiger partial charge in [-0.05, 0) is 37.6 Å². The van der Waals surface area contributed by atoms with Gasteiger partial charge in [-0.2, -0.15) is 0 Å². The Bertz CT molecular complexity index is 516. The van der Waals surface area contributed by atoms with Crippen LogP contribution >= 0.6 is 11.6 Å². The molecule has 23 heavy (non-hydrogen) atoms. The van der Waals surface area contributed by atoms with Gasteiger partial charge in [0, 0.05) is 50.1 Å². The minimum absolute atomic E-state index is 0.374. The minimum atomic E-state index is -0.577. The fourth-order valence-electron chi connectivity index (χ4n) is 4.13. The summed E-state index contributed by atoms with van der Waals surface area (Å²) in [6.45, 7) is 5.56. The van der Waals surface area contributed by atoms with E-state index in [9.17, 15) is 5.11 Å². The molecule has 1 aliphatic heterocycles. The third-order valence-electron chi connectivity index (χ3n) is 5.65. The molecule has 0 spiro atoms. The van der Waals surface area contributed by atoms with Crippen molar-refractivity contribution in [3.8, 4) is 0 Å². The van der Waals surface area contributed by atoms with Crippen molar-refractivity contribution in [3.63, 3.8) is 0 Å². The number of halogens is 1. The van der Waals surface area contributed by atoms with Gasteiger partial charge in [0.15, 0.2) is 0 Å². The van der Waals surface area contributed by atoms with E-state index >= 15 is 0 Å². The Labute approximate surface area is 145 Å². The van der Waals surface area contributed by atoms with Crippen LogP contribution in [0.25, 0.3) is 0 Å². The van der Waals surface area contributed by atoms with Gasteiger partial charge in [-0.3, -0.25) is 0 Å². The van der Waals surface area contributed by atoms with E-state index in [4.69, 9.17) is 11.6 Å². The fourth-order valence-corrected chi connectivity index (χ4v) is 4.34. The maximum atomic E-state index is 11.4. The number of hydrogen-bond acceptors (Lipinski definition) is 3. The molecule has 1 aromatic carbocycles. The van der Waals surface area contributed by atoms with Gasteiger partial charge in [-0.15, -0.1) is 0 Å². The van der Waals surface area contributed by atoms with Gasteiger partial charge in [0.25, 0.3) is 0 Å². The van der Waals surface area contributed by atoms with Crippen LogP contribution in [-0.4, -0.2) is 60.3 Å². The largest absolute Gasteiger partial charge is 0.389 e. The lowest BCUT2D eigenvalue weighted by Gasteiger charge is -2.44. The first-order valence-corrected chi connectivity index (χ1v) is 9.31. The second kappa shape index (κ2) is 7.52. The van der Waals surface area contributed by atoms with E-state index < -0.39 is 5.60 Å². The molecule has 0 radical (unpaired) electrons. The molecule has 0 bridgehead atoms. The Morgan fingerprint density at radius 3 is 2.74 bits per heavy atom. The molecule has 0 amide bonds. The predicted molar refractivity (Wildman–Crippen MR) is 96.0 cm³/mol. The first-order chi connectivity index (χ1) is 11.0. The van der Waals surface area contributed by atoms with Crippen molar-refractivity contribution in [2.24, 2.45) is 5.92 Å². The van der Waals surface area contributed by atoms with Gasteiger partial charge in [0.2, 0.25) is 0 Å². The Kier molecular flexibility index (Phi) is 5.63. The highest BCUT2D eigenvalue weighted by Crippen LogP contribution is 2.37. The number of rotatable bonds is 4. The Hall–Kier alpha value is -0.610. The molecule has 3 rings (SSSR count). The van der Waals surface area contributed by atoms with Gasteiger partial charge in [-0.1, -0.05) is 36.6 Å². The molecule has 4 heteroatoms. The molecule has 1 heterocycles. The SMILES string of the molecule is CN1CCN(CC2CCCCC2(O)Cc2cccc(Cl)c2)CC1. The van der Waals surface area contributed by atoms with Crippen molar-refractivity contribution in [3.05, 3.63) is 34.9 Å². The van der Waals surface area contributed by atoms with E-state index in [0.29, 0.717) is 5.92 Å². The summed E-state index contributed by atoms with van der Waals surface area (Å²) in [5.74, 6) is 0.374. The molecule has 1 N–H and O–H groups in total. The lowest BCUT2D eigenvalue weighted by molar-refractivity contribution is -0.0620. The molecule has 0 aromatic heterocycles. The second-order valence-corrected chi connectivity index (χ2v) is 7.89. The van der Waals surface area contributed by atoms with Gasteiger partial charge in [-0.25, -0.2) is 0 Å². The molecule has 2 atom stereocenters. The summed E-state index contributed by atoms with van der Waals surface area (Å²) in [6.07, 6.45) is 5.17. The van der Waals surface area contributed by atoms with E-state index in [1.807, 2.05) is 18.2 Å². The van der Waals surface area contributed by atoms with Gasteiger partial charge in [0.1, 0.15) is 0 Å². The summed E-state index contributed by atoms with van der Waals surface area (Å²) in [5.41, 5.74) is 0.581. The Morgan fingerprint density at radius 2 is 2.00 bits per heavy atom. The number of hydrogen-bond donors (Lipinski definition) is 1. The van der Waals surface area contributed by atoms with Crippen LogP contribution < -0.4 is 0 Å². The lowest BCUT2D eigenvalue weighted by atomic mass is 9.72. The van der Waals surface area contributed by atoms with Gasteiger partial charge >= 0.3 is 0 Å². The third kappa shape index (κ3) is 4.48. The van der Waals surface area contributed by atoms with E-state index in [0.717, 1.165) is 69.0 Å². The zero-order valence-electron chi connectivity index (χ0n) is 14.2. The molecule has 1 saturated heterocycles. The Morgan fingerprint density at radius 1 is 1.22 bits per heavy atom. The van der Waals surface area contributed by atoms with Crippen LogP contribution in [0.4, 0.5) is 0 Å². The number of benzene rings is 1. The van der Waals surface area contributed by atoms with Crippen LogP contribution in [0.1, 0.15) is 31.2 Å². The van der Waals surface area contributed by atoms with Crippen molar-refractivity contribution in [1.29, 1.82) is 0 Å². The van der Waals surface area contributed by atoms with Crippen molar-refractivity contribution in [1.82, 2.24) is 9.80 Å². The summed E-state index contributed by atoms with van der Waals surface area (Å²) in [6, 6.07) is 7.98. The molecular weight excluding hydrogens is 308 g/mol. The van der Waals surface area contributed by atoms with Gasteiger partial charge < -0.3 is 14.9 Å². The van der Waals surface area contributed by atoms with Crippen LogP contribution in [0, 0.1) is 5.92 Å². The molecule has 2 unspecified atom stereocenters. The normalized spacial score (nSPS) is 30.5. The zero-order valence-corrected chi connectivity index (χ0v) is 14.9. The van der Waals surface area contributed by atoms with E-state index in [1.54, 1.807) is 0 Å². The molecule has 3 nitrogen and oxygen atoms in total. The van der Waals surface area contributed by atoms with E-state index in [2.05, 4.69) is 22.9 Å². The van der Waals surface area contributed by atoms with Crippen molar-refractivity contribution in [2.75, 3.05) is 39.8 Å². The first kappa shape index (κ1) is 17.2. The van der Waals surface area contributed by atoms with Crippen LogP contribution in [0.2, 0.25) is 5.02 Å². The number of aliphatic hydroxyl groups is 1. The van der Waals surface area contributed by atoms with Gasteiger partial charge in [0.05, 0.1) is 5.60 Å². The molecular formula is C19H29ClN2O. The fraction of sp³-hybridized carbons (Fsp3) is 0.684. The monoisotopic (exact) mass is 336 g/mol. The van der Waals surface area contributed by atoms with Crippen molar-refractivity contribution < 1.29 is 5.11 Å². The summed E-state index contributed by atoms with van der Waals surface area (Å²) in [7, 11) is 2.19. The van der Waals surface area contributed by atoms with E-state index in [-0.39, 0.29) is 0 Å². The molecule has 1 aliphatic carbocycles. The number of nitrogens with zero attached hydrogens (tertiary/aromatic N) is 2. The lowest BCUT2D eigenvalue weighted by Crippen LogP contribution is -2.52. The quantitative estimate of drug-likeness (QED) is 0.915. The zero-order chi connectivity index (χ0) is 16.3. The summed E-state index contributed by atoms with van der Waals surface area (Å²) < 4.78 is 0. The summed E-state index contributed by atoms with van der Waals surface area (Å²) in [5, 5.41) is 12.1.